The van der Waals surface area contributed by atoms with Gasteiger partial charge in [0.15, 0.2) is 0 Å². The number of amides is 1. The number of likely N-dealkylation sites (N-methyl/N-ethyl adjacent to an activating group) is 1. The van der Waals surface area contributed by atoms with Gasteiger partial charge in [-0.3, -0.25) is 9.59 Å². The average Bonchev–Trinajstić information content (AvgIpc) is 3.10. The van der Waals surface area contributed by atoms with Gasteiger partial charge in [-0.25, -0.2) is 4.79 Å². The lowest BCUT2D eigenvalue weighted by atomic mass is 9.93. The Balaban J connectivity index is 2.02. The van der Waals surface area contributed by atoms with Gasteiger partial charge in [-0.05, 0) is 32.3 Å². The number of aromatic nitrogens is 1. The minimum atomic E-state index is -0.629. The van der Waals surface area contributed by atoms with Crippen LogP contribution in [0, 0.1) is 6.92 Å². The maximum atomic E-state index is 13.2. The van der Waals surface area contributed by atoms with Crippen molar-refractivity contribution in [3.8, 4) is 11.1 Å². The molecular weight excluding hydrogens is 368 g/mol. The molecule has 1 amide bonds. The second kappa shape index (κ2) is 9.07. The van der Waals surface area contributed by atoms with E-state index in [1.54, 1.807) is 25.8 Å². The molecule has 0 unspecified atom stereocenters. The fourth-order valence-corrected chi connectivity index (χ4v) is 4.05. The van der Waals surface area contributed by atoms with Crippen molar-refractivity contribution < 1.29 is 19.1 Å². The standard InChI is InChI=1S/C23H28N2O4/c1-4-29-23(28)18-15(2)24-20(19(18)16-11-7-5-8-12-16)21(26)22(27)25(3)17-13-9-6-10-14-17/h5,7-8,11-12,17,24H,4,6,9-10,13-14H2,1-3H3. The number of nitrogens with one attached hydrogen (secondary N) is 1. The molecule has 2 aromatic rings. The highest BCUT2D eigenvalue weighted by Gasteiger charge is 2.33. The Labute approximate surface area is 171 Å². The van der Waals surface area contributed by atoms with Gasteiger partial charge in [-0.2, -0.15) is 0 Å². The van der Waals surface area contributed by atoms with Crippen LogP contribution < -0.4 is 0 Å². The molecule has 1 N–H and O–H groups in total. The highest BCUT2D eigenvalue weighted by atomic mass is 16.5. The fraction of sp³-hybridized carbons (Fsp3) is 0.435. The van der Waals surface area contributed by atoms with Gasteiger partial charge in [-0.15, -0.1) is 0 Å². The molecule has 0 aliphatic heterocycles. The van der Waals surface area contributed by atoms with Crippen LogP contribution >= 0.6 is 0 Å². The Bertz CT molecular complexity index is 895. The van der Waals surface area contributed by atoms with Crippen LogP contribution in [0.5, 0.6) is 0 Å². The first kappa shape index (κ1) is 20.8. The Morgan fingerprint density at radius 1 is 1.10 bits per heavy atom. The topological polar surface area (TPSA) is 79.5 Å². The minimum absolute atomic E-state index is 0.0842. The van der Waals surface area contributed by atoms with Crippen LogP contribution in [0.2, 0.25) is 0 Å². The Morgan fingerprint density at radius 3 is 2.38 bits per heavy atom. The number of carbonyl (C=O) groups is 3. The number of hydrogen-bond acceptors (Lipinski definition) is 4. The van der Waals surface area contributed by atoms with Crippen LogP contribution in [-0.4, -0.2) is 47.2 Å². The van der Waals surface area contributed by atoms with Gasteiger partial charge < -0.3 is 14.6 Å². The molecule has 0 bridgehead atoms. The van der Waals surface area contributed by atoms with Gasteiger partial charge in [0.25, 0.3) is 11.7 Å². The Kier molecular flexibility index (Phi) is 6.52. The van der Waals surface area contributed by atoms with Gasteiger partial charge >= 0.3 is 5.97 Å². The third kappa shape index (κ3) is 4.26. The second-order valence-electron chi connectivity index (χ2n) is 7.50. The van der Waals surface area contributed by atoms with Gasteiger partial charge in [0, 0.05) is 24.3 Å². The van der Waals surface area contributed by atoms with E-state index >= 15 is 0 Å². The van der Waals surface area contributed by atoms with E-state index in [2.05, 4.69) is 4.98 Å². The first-order valence-corrected chi connectivity index (χ1v) is 10.2. The van der Waals surface area contributed by atoms with E-state index in [1.807, 2.05) is 30.3 Å². The molecular formula is C23H28N2O4. The van der Waals surface area contributed by atoms with E-state index in [-0.39, 0.29) is 18.3 Å². The Hall–Kier alpha value is -2.89. The first-order valence-electron chi connectivity index (χ1n) is 10.2. The molecule has 1 aliphatic rings. The molecule has 1 fully saturated rings. The molecule has 6 nitrogen and oxygen atoms in total. The molecule has 1 heterocycles. The van der Waals surface area contributed by atoms with Gasteiger partial charge in [0.05, 0.1) is 12.2 Å². The normalized spacial score (nSPS) is 14.4. The molecule has 1 aromatic heterocycles. The van der Waals surface area contributed by atoms with E-state index in [0.717, 1.165) is 25.7 Å². The van der Waals surface area contributed by atoms with Gasteiger partial charge in [0.2, 0.25) is 0 Å². The van der Waals surface area contributed by atoms with Crippen LogP contribution in [0.1, 0.15) is 65.6 Å². The molecule has 0 atom stereocenters. The summed E-state index contributed by atoms with van der Waals surface area (Å²) >= 11 is 0. The van der Waals surface area contributed by atoms with Gasteiger partial charge in [-0.1, -0.05) is 49.6 Å². The van der Waals surface area contributed by atoms with Crippen molar-refractivity contribution in [3.63, 3.8) is 0 Å². The van der Waals surface area contributed by atoms with Crippen molar-refractivity contribution in [2.24, 2.45) is 0 Å². The molecule has 3 rings (SSSR count). The Morgan fingerprint density at radius 2 is 1.76 bits per heavy atom. The molecule has 0 spiro atoms. The zero-order valence-corrected chi connectivity index (χ0v) is 17.3. The molecule has 1 aromatic carbocycles. The maximum absolute atomic E-state index is 13.2. The van der Waals surface area contributed by atoms with E-state index in [4.69, 9.17) is 4.74 Å². The summed E-state index contributed by atoms with van der Waals surface area (Å²) in [7, 11) is 1.69. The van der Waals surface area contributed by atoms with E-state index in [0.29, 0.717) is 22.4 Å². The third-order valence-electron chi connectivity index (χ3n) is 5.59. The molecule has 29 heavy (non-hydrogen) atoms. The maximum Gasteiger partial charge on any atom is 0.340 e. The van der Waals surface area contributed by atoms with Crippen LogP contribution in [0.3, 0.4) is 0 Å². The highest BCUT2D eigenvalue weighted by Crippen LogP contribution is 2.32. The van der Waals surface area contributed by atoms with Crippen LogP contribution in [0.4, 0.5) is 0 Å². The number of nitrogens with zero attached hydrogens (tertiary/aromatic N) is 1. The number of carbonyl (C=O) groups excluding carboxylic acids is 3. The van der Waals surface area contributed by atoms with Crippen LogP contribution in [0.15, 0.2) is 30.3 Å². The summed E-state index contributed by atoms with van der Waals surface area (Å²) in [6.45, 7) is 3.67. The number of aromatic amines is 1. The number of hydrogen-bond donors (Lipinski definition) is 1. The predicted molar refractivity (Wildman–Crippen MR) is 111 cm³/mol. The smallest absolute Gasteiger partial charge is 0.340 e. The fourth-order valence-electron chi connectivity index (χ4n) is 4.05. The summed E-state index contributed by atoms with van der Waals surface area (Å²) in [5, 5.41) is 0. The summed E-state index contributed by atoms with van der Waals surface area (Å²) in [6.07, 6.45) is 5.14. The molecule has 0 radical (unpaired) electrons. The summed E-state index contributed by atoms with van der Waals surface area (Å²) in [5.74, 6) is -1.69. The van der Waals surface area contributed by atoms with E-state index in [1.165, 1.54) is 6.42 Å². The number of Topliss-reactive ketones (excluding diaryl/α,β-unsaturated/α-hetero) is 1. The number of H-pyrrole nitrogens is 1. The zero-order chi connectivity index (χ0) is 21.0. The van der Waals surface area contributed by atoms with Crippen molar-refractivity contribution in [2.45, 2.75) is 52.0 Å². The molecule has 1 aliphatic carbocycles. The summed E-state index contributed by atoms with van der Waals surface area (Å²) in [5.41, 5.74) is 2.08. The second-order valence-corrected chi connectivity index (χ2v) is 7.50. The average molecular weight is 396 g/mol. The summed E-state index contributed by atoms with van der Waals surface area (Å²) in [4.78, 5) is 43.3. The number of ether oxygens (including phenoxy) is 1. The van der Waals surface area contributed by atoms with Gasteiger partial charge in [0.1, 0.15) is 5.69 Å². The first-order chi connectivity index (χ1) is 14.0. The van der Waals surface area contributed by atoms with Crippen molar-refractivity contribution in [1.29, 1.82) is 0 Å². The van der Waals surface area contributed by atoms with Crippen LogP contribution in [0.25, 0.3) is 11.1 Å². The lowest BCUT2D eigenvalue weighted by molar-refractivity contribution is -0.127. The number of ketones is 1. The minimum Gasteiger partial charge on any atom is -0.462 e. The SMILES string of the molecule is CCOC(=O)c1c(C)[nH]c(C(=O)C(=O)N(C)C2CCCCC2)c1-c1ccccc1. The van der Waals surface area contributed by atoms with Crippen molar-refractivity contribution in [2.75, 3.05) is 13.7 Å². The quantitative estimate of drug-likeness (QED) is 0.452. The largest absolute Gasteiger partial charge is 0.462 e. The lowest BCUT2D eigenvalue weighted by Crippen LogP contribution is -2.42. The summed E-state index contributed by atoms with van der Waals surface area (Å²) < 4.78 is 5.20. The number of aryl methyl sites for hydroxylation is 1. The van der Waals surface area contributed by atoms with Crippen molar-refractivity contribution in [3.05, 3.63) is 47.3 Å². The van der Waals surface area contributed by atoms with Crippen molar-refractivity contribution in [1.82, 2.24) is 9.88 Å². The number of esters is 1. The van der Waals surface area contributed by atoms with E-state index in [9.17, 15) is 14.4 Å². The number of rotatable bonds is 6. The third-order valence-corrected chi connectivity index (χ3v) is 5.59. The van der Waals surface area contributed by atoms with Crippen molar-refractivity contribution >= 4 is 17.7 Å². The predicted octanol–water partition coefficient (Wildman–Crippen LogP) is 4.14. The molecule has 6 heteroatoms. The zero-order valence-electron chi connectivity index (χ0n) is 17.3. The molecule has 154 valence electrons. The molecule has 0 saturated heterocycles. The number of benzene rings is 1. The van der Waals surface area contributed by atoms with E-state index < -0.39 is 17.7 Å². The highest BCUT2D eigenvalue weighted by molar-refractivity contribution is 6.43. The lowest BCUT2D eigenvalue weighted by Gasteiger charge is -2.30. The monoisotopic (exact) mass is 396 g/mol. The molecule has 1 saturated carbocycles. The van der Waals surface area contributed by atoms with Crippen LogP contribution in [-0.2, 0) is 9.53 Å². The summed E-state index contributed by atoms with van der Waals surface area (Å²) in [6, 6.07) is 9.24.